The normalized spacial score (nSPS) is 15.8. The SMILES string of the molecule is Clc1ccc(C2c3[nH]c(c4c5ccccc5c5ccccc5c34)C(c3ccc(Cl)cc3)c3[nH]c(c4c5ccccc5c5ccccc5c34)C(c3ccc(Cl)cc3)c3[nH]c(c4c5ccccc5c5ccccc5c34)C(c3ccc(Cl)cc3)c3[nH]c2c2c4ccccc4c4ccccc4c32)cc1. The van der Waals surface area contributed by atoms with Crippen LogP contribution in [0.25, 0.3) is 129 Å². The van der Waals surface area contributed by atoms with Crippen LogP contribution in [0.5, 0.6) is 0 Å². The van der Waals surface area contributed by atoms with Gasteiger partial charge in [-0.3, -0.25) is 0 Å². The quantitative estimate of drug-likeness (QED) is 0.127. The number of hydrogen-bond donors (Lipinski definition) is 4. The number of halogens is 4. The van der Waals surface area contributed by atoms with Crippen LogP contribution in [0.2, 0.25) is 20.1 Å². The Balaban J connectivity index is 1.08. The maximum atomic E-state index is 7.13. The minimum Gasteiger partial charge on any atom is -0.360 e. The van der Waals surface area contributed by atoms with Crippen LogP contribution in [-0.4, -0.2) is 19.9 Å². The summed E-state index contributed by atoms with van der Waals surface area (Å²) in [6, 6.07) is 107. The first-order valence-electron chi connectivity index (χ1n) is 34.1. The van der Waals surface area contributed by atoms with Crippen LogP contribution in [0.15, 0.2) is 291 Å². The second kappa shape index (κ2) is 22.2. The van der Waals surface area contributed by atoms with Gasteiger partial charge in [0.1, 0.15) is 0 Å². The molecule has 4 N–H and O–H groups in total. The van der Waals surface area contributed by atoms with E-state index in [9.17, 15) is 0 Å². The van der Waals surface area contributed by atoms with E-state index in [2.05, 4.69) is 311 Å². The van der Waals surface area contributed by atoms with Gasteiger partial charge in [0.25, 0.3) is 0 Å². The fourth-order valence-electron chi connectivity index (χ4n) is 18.1. The summed E-state index contributed by atoms with van der Waals surface area (Å²) in [5, 5.41) is 30.2. The van der Waals surface area contributed by atoms with Crippen molar-refractivity contribution in [1.29, 1.82) is 0 Å². The Bertz CT molecular complexity index is 5700. The van der Waals surface area contributed by atoms with Crippen molar-refractivity contribution in [3.8, 4) is 0 Å². The maximum Gasteiger partial charge on any atom is 0.0654 e. The molecule has 0 amide bonds. The summed E-state index contributed by atoms with van der Waals surface area (Å²) in [5.41, 5.74) is 12.6. The summed E-state index contributed by atoms with van der Waals surface area (Å²) in [7, 11) is 0. The predicted octanol–water partition coefficient (Wildman–Crippen LogP) is 26.5. The van der Waals surface area contributed by atoms with Gasteiger partial charge in [0.15, 0.2) is 0 Å². The topological polar surface area (TPSA) is 63.2 Å². The highest BCUT2D eigenvalue weighted by atomic mass is 35.5. The fraction of sp³-hybridized carbons (Fsp3) is 0.0435. The van der Waals surface area contributed by atoms with Gasteiger partial charge in [0, 0.05) is 109 Å². The average Bonchev–Trinajstić information content (AvgIpc) is 1.52. The monoisotopic (exact) mass is 1360 g/mol. The van der Waals surface area contributed by atoms with Crippen molar-refractivity contribution in [3.05, 3.63) is 379 Å². The van der Waals surface area contributed by atoms with E-state index >= 15 is 0 Å². The molecule has 21 rings (SSSR count). The standard InChI is InChI=1S/C92H56Cl4N4/c93-53-41-33-49(34-42-53)73-85-77-65-25-9-1-17-57(65)58-18-2-10-26-66(58)78(77)86(97-85)74(50-35-43-54(94)44-36-50)88-81-69-29-13-5-21-61(69)62-22-6-14-30-70(62)82(81)90(99-88)76(52-39-47-56(96)48-40-52)92-84-72-32-16-8-24-64(72)63-23-7-15-31-71(63)83(84)91(100-92)75(51-37-45-55(95)46-38-51)89-80-68-28-12-4-20-60(68)59-19-3-11-27-67(59)79(80)87(73)98-89/h1-48,73-76,97-100H. The number of aromatic amines is 4. The van der Waals surface area contributed by atoms with Crippen molar-refractivity contribution in [1.82, 2.24) is 19.9 Å². The molecule has 0 unspecified atom stereocenters. The number of rotatable bonds is 4. The van der Waals surface area contributed by atoms with E-state index in [0.29, 0.717) is 20.1 Å². The van der Waals surface area contributed by atoms with E-state index in [-0.39, 0.29) is 0 Å². The fourth-order valence-corrected chi connectivity index (χ4v) is 18.7. The van der Waals surface area contributed by atoms with E-state index in [4.69, 9.17) is 46.4 Å². The van der Waals surface area contributed by atoms with Crippen molar-refractivity contribution < 1.29 is 0 Å². The zero-order valence-corrected chi connectivity index (χ0v) is 56.6. The Morgan fingerprint density at radius 3 is 0.400 bits per heavy atom. The summed E-state index contributed by atoms with van der Waals surface area (Å²) in [6.07, 6.45) is 0. The number of benzene rings is 16. The highest BCUT2D eigenvalue weighted by Gasteiger charge is 2.40. The van der Waals surface area contributed by atoms with E-state index in [1.165, 1.54) is 43.1 Å². The highest BCUT2D eigenvalue weighted by Crippen LogP contribution is 2.57. The first-order valence-corrected chi connectivity index (χ1v) is 35.6. The summed E-state index contributed by atoms with van der Waals surface area (Å²) in [6.45, 7) is 0. The summed E-state index contributed by atoms with van der Waals surface area (Å²) >= 11 is 28.5. The summed E-state index contributed by atoms with van der Waals surface area (Å²) in [5.74, 6) is -1.95. The van der Waals surface area contributed by atoms with Crippen molar-refractivity contribution in [3.63, 3.8) is 0 Å². The van der Waals surface area contributed by atoms with Crippen molar-refractivity contribution in [2.45, 2.75) is 23.7 Å². The third-order valence-corrected chi connectivity index (χ3v) is 23.1. The van der Waals surface area contributed by atoms with Crippen LogP contribution in [0.1, 0.15) is 91.5 Å². The zero-order valence-electron chi connectivity index (χ0n) is 53.5. The van der Waals surface area contributed by atoms with Crippen molar-refractivity contribution in [2.75, 3.05) is 0 Å². The Hall–Kier alpha value is -11.1. The van der Waals surface area contributed by atoms with Crippen LogP contribution in [0, 0.1) is 0 Å². The smallest absolute Gasteiger partial charge is 0.0654 e. The van der Waals surface area contributed by atoms with E-state index in [1.807, 2.05) is 0 Å². The van der Waals surface area contributed by atoms with Crippen LogP contribution in [0.3, 0.4) is 0 Å². The highest BCUT2D eigenvalue weighted by molar-refractivity contribution is 6.34. The van der Waals surface area contributed by atoms with Gasteiger partial charge >= 0.3 is 0 Å². The van der Waals surface area contributed by atoms with Gasteiger partial charge in [0.2, 0.25) is 0 Å². The number of fused-ring (bicyclic) bond motifs is 12. The van der Waals surface area contributed by atoms with Gasteiger partial charge in [-0.05, 0) is 157 Å². The van der Waals surface area contributed by atoms with E-state index in [0.717, 1.165) is 154 Å². The molecule has 8 bridgehead atoms. The lowest BCUT2D eigenvalue weighted by Gasteiger charge is -2.21. The number of aromatic nitrogens is 4. The second-order valence-electron chi connectivity index (χ2n) is 27.1. The van der Waals surface area contributed by atoms with Crippen LogP contribution in [-0.2, 0) is 0 Å². The molecule has 0 atom stereocenters. The van der Waals surface area contributed by atoms with Gasteiger partial charge in [-0.25, -0.2) is 0 Å². The van der Waals surface area contributed by atoms with Crippen molar-refractivity contribution >= 4 is 176 Å². The largest absolute Gasteiger partial charge is 0.360 e. The maximum absolute atomic E-state index is 7.13. The molecule has 0 saturated carbocycles. The third-order valence-electron chi connectivity index (χ3n) is 22.1. The minimum absolute atomic E-state index is 0.487. The molecule has 0 saturated heterocycles. The van der Waals surface area contributed by atoms with Crippen molar-refractivity contribution in [2.24, 2.45) is 0 Å². The van der Waals surface area contributed by atoms with Crippen LogP contribution < -0.4 is 0 Å². The predicted molar refractivity (Wildman–Crippen MR) is 423 cm³/mol. The van der Waals surface area contributed by atoms with Gasteiger partial charge in [0.05, 0.1) is 23.7 Å². The molecule has 4 heterocycles. The molecule has 0 radical (unpaired) electrons. The molecule has 4 nitrogen and oxygen atoms in total. The molecular formula is C92H56Cl4N4. The van der Waals surface area contributed by atoms with Gasteiger partial charge in [-0.1, -0.05) is 289 Å². The van der Waals surface area contributed by atoms with Gasteiger partial charge < -0.3 is 19.9 Å². The van der Waals surface area contributed by atoms with E-state index < -0.39 is 23.7 Å². The molecule has 0 fully saturated rings. The number of nitrogens with one attached hydrogen (secondary N) is 4. The summed E-state index contributed by atoms with van der Waals surface area (Å²) < 4.78 is 0. The number of H-pyrrole nitrogens is 4. The molecule has 4 aromatic heterocycles. The Morgan fingerprint density at radius 1 is 0.150 bits per heavy atom. The Morgan fingerprint density at radius 2 is 0.270 bits per heavy atom. The molecule has 0 spiro atoms. The molecule has 1 aliphatic rings. The average molecular weight is 1360 g/mol. The lowest BCUT2D eigenvalue weighted by atomic mass is 9.82. The zero-order chi connectivity index (χ0) is 66.2. The van der Waals surface area contributed by atoms with Crippen LogP contribution >= 0.6 is 46.4 Å². The second-order valence-corrected chi connectivity index (χ2v) is 28.9. The Kier molecular flexibility index (Phi) is 12.9. The Labute approximate surface area is 594 Å². The summed E-state index contributed by atoms with van der Waals surface area (Å²) in [4.78, 5) is 18.4. The van der Waals surface area contributed by atoms with Crippen LogP contribution in [0.4, 0.5) is 0 Å². The third kappa shape index (κ3) is 8.37. The molecule has 0 aliphatic heterocycles. The number of hydrogen-bond acceptors (Lipinski definition) is 0. The minimum atomic E-state index is -0.487. The van der Waals surface area contributed by atoms with E-state index in [1.54, 1.807) is 0 Å². The lowest BCUT2D eigenvalue weighted by Crippen LogP contribution is -2.11. The van der Waals surface area contributed by atoms with Gasteiger partial charge in [-0.2, -0.15) is 0 Å². The first-order chi connectivity index (χ1) is 49.3. The molecular weight excluding hydrogens is 1300 g/mol. The van der Waals surface area contributed by atoms with Gasteiger partial charge in [-0.15, -0.1) is 0 Å². The molecule has 8 heteroatoms. The molecule has 1 aliphatic carbocycles. The molecule has 20 aromatic rings. The molecule has 472 valence electrons. The lowest BCUT2D eigenvalue weighted by molar-refractivity contribution is 0.822. The molecule has 100 heavy (non-hydrogen) atoms. The molecule has 16 aromatic carbocycles. The first kappa shape index (κ1) is 57.9.